The Bertz CT molecular complexity index is 788. The van der Waals surface area contributed by atoms with Crippen molar-refractivity contribution in [3.8, 4) is 0 Å². The fourth-order valence-corrected chi connectivity index (χ4v) is 5.21. The van der Waals surface area contributed by atoms with Crippen molar-refractivity contribution in [2.24, 2.45) is 5.92 Å². The summed E-state index contributed by atoms with van der Waals surface area (Å²) < 4.78 is 2.48. The molecule has 0 amide bonds. The standard InChI is InChI=1S/C19H22N2O/c1-2-12-10-20-8-7-14-13-5-3-4-6-16(13)21-18(11-22)15(12)9-17(20)19(14)21/h2-6,15,17-18,22H,7-11H2,1H3/b12-2-/t15?,17?,18-/m0/s1. The Hall–Kier alpha value is -1.58. The number of aliphatic hydroxyl groups is 1. The first-order valence-corrected chi connectivity index (χ1v) is 8.45. The van der Waals surface area contributed by atoms with Gasteiger partial charge in [-0.05, 0) is 31.4 Å². The number of benzene rings is 1. The van der Waals surface area contributed by atoms with E-state index in [1.54, 1.807) is 0 Å². The second kappa shape index (κ2) is 4.46. The van der Waals surface area contributed by atoms with Gasteiger partial charge in [-0.1, -0.05) is 29.8 Å². The molecule has 1 aromatic heterocycles. The Balaban J connectivity index is 1.86. The predicted molar refractivity (Wildman–Crippen MR) is 87.9 cm³/mol. The summed E-state index contributed by atoms with van der Waals surface area (Å²) in [7, 11) is 0. The molecule has 1 N–H and O–H groups in total. The van der Waals surface area contributed by atoms with Crippen molar-refractivity contribution >= 4 is 10.9 Å². The summed E-state index contributed by atoms with van der Waals surface area (Å²) in [6, 6.07) is 9.53. The van der Waals surface area contributed by atoms with Crippen LogP contribution in [0.3, 0.4) is 0 Å². The van der Waals surface area contributed by atoms with Crippen LogP contribution in [-0.2, 0) is 6.42 Å². The summed E-state index contributed by atoms with van der Waals surface area (Å²) in [6.07, 6.45) is 4.60. The number of nitrogens with zero attached hydrogens (tertiary/aromatic N) is 2. The van der Waals surface area contributed by atoms with Crippen LogP contribution >= 0.6 is 0 Å². The number of para-hydroxylation sites is 1. The van der Waals surface area contributed by atoms with Crippen molar-refractivity contribution in [1.82, 2.24) is 9.47 Å². The summed E-state index contributed by atoms with van der Waals surface area (Å²) in [5, 5.41) is 11.6. The van der Waals surface area contributed by atoms with Crippen LogP contribution in [0.1, 0.15) is 36.7 Å². The van der Waals surface area contributed by atoms with Crippen molar-refractivity contribution in [1.29, 1.82) is 0 Å². The minimum atomic E-state index is 0.205. The van der Waals surface area contributed by atoms with Crippen LogP contribution in [0.25, 0.3) is 10.9 Å². The first-order chi connectivity index (χ1) is 10.8. The van der Waals surface area contributed by atoms with Gasteiger partial charge < -0.3 is 9.67 Å². The lowest BCUT2D eigenvalue weighted by Crippen LogP contribution is -2.49. The minimum Gasteiger partial charge on any atom is -0.394 e. The first kappa shape index (κ1) is 12.9. The highest BCUT2D eigenvalue weighted by Gasteiger charge is 2.46. The van der Waals surface area contributed by atoms with Gasteiger partial charge in [0.2, 0.25) is 0 Å². The summed E-state index contributed by atoms with van der Waals surface area (Å²) in [4.78, 5) is 2.65. The number of hydrogen-bond donors (Lipinski definition) is 1. The molecule has 22 heavy (non-hydrogen) atoms. The molecule has 0 aliphatic carbocycles. The Morgan fingerprint density at radius 1 is 1.32 bits per heavy atom. The fraction of sp³-hybridized carbons (Fsp3) is 0.474. The monoisotopic (exact) mass is 294 g/mol. The third-order valence-electron chi connectivity index (χ3n) is 6.16. The maximum atomic E-state index is 10.2. The van der Waals surface area contributed by atoms with E-state index in [4.69, 9.17) is 0 Å². The van der Waals surface area contributed by atoms with Crippen LogP contribution in [0.15, 0.2) is 35.9 Å². The van der Waals surface area contributed by atoms with Crippen LogP contribution in [-0.4, -0.2) is 34.3 Å². The summed E-state index contributed by atoms with van der Waals surface area (Å²) in [6.45, 7) is 4.64. The van der Waals surface area contributed by atoms with E-state index in [9.17, 15) is 5.11 Å². The predicted octanol–water partition coefficient (Wildman–Crippen LogP) is 3.05. The van der Waals surface area contributed by atoms with Gasteiger partial charge in [0.15, 0.2) is 0 Å². The molecule has 2 aromatic rings. The third kappa shape index (κ3) is 1.43. The van der Waals surface area contributed by atoms with Crippen LogP contribution in [0, 0.1) is 5.92 Å². The molecule has 3 nitrogen and oxygen atoms in total. The zero-order chi connectivity index (χ0) is 14.8. The number of hydrogen-bond acceptors (Lipinski definition) is 2. The van der Waals surface area contributed by atoms with E-state index in [0.29, 0.717) is 12.0 Å². The first-order valence-electron chi connectivity index (χ1n) is 8.45. The molecule has 0 radical (unpaired) electrons. The maximum absolute atomic E-state index is 10.2. The van der Waals surface area contributed by atoms with Crippen molar-refractivity contribution < 1.29 is 5.11 Å². The SMILES string of the molecule is C/C=C1/CN2CCc3c4n(c5ccccc35)[C@@H](CO)C1CC42. The molecule has 114 valence electrons. The molecule has 3 atom stereocenters. The van der Waals surface area contributed by atoms with Gasteiger partial charge in [0.25, 0.3) is 0 Å². The molecule has 2 bridgehead atoms. The van der Waals surface area contributed by atoms with Crippen molar-refractivity contribution in [3.05, 3.63) is 47.2 Å². The summed E-state index contributed by atoms with van der Waals surface area (Å²) in [5.74, 6) is 0.491. The lowest BCUT2D eigenvalue weighted by atomic mass is 9.75. The molecule has 1 saturated heterocycles. The van der Waals surface area contributed by atoms with Gasteiger partial charge in [0.1, 0.15) is 0 Å². The maximum Gasteiger partial charge on any atom is 0.0645 e. The zero-order valence-corrected chi connectivity index (χ0v) is 13.0. The number of aromatic nitrogens is 1. The van der Waals surface area contributed by atoms with Crippen molar-refractivity contribution in [2.75, 3.05) is 19.7 Å². The van der Waals surface area contributed by atoms with Gasteiger partial charge in [0.05, 0.1) is 18.7 Å². The Kier molecular flexibility index (Phi) is 2.62. The number of rotatable bonds is 1. The van der Waals surface area contributed by atoms with E-state index in [1.165, 1.54) is 40.7 Å². The van der Waals surface area contributed by atoms with Crippen molar-refractivity contribution in [3.63, 3.8) is 0 Å². The molecule has 1 aromatic carbocycles. The zero-order valence-electron chi connectivity index (χ0n) is 13.0. The largest absolute Gasteiger partial charge is 0.394 e. The molecule has 1 fully saturated rings. The van der Waals surface area contributed by atoms with Gasteiger partial charge in [-0.25, -0.2) is 0 Å². The van der Waals surface area contributed by atoms with Gasteiger partial charge in [-0.15, -0.1) is 0 Å². The lowest BCUT2D eigenvalue weighted by molar-refractivity contribution is 0.0662. The molecule has 3 aliphatic rings. The average molecular weight is 294 g/mol. The van der Waals surface area contributed by atoms with E-state index in [0.717, 1.165) is 13.0 Å². The number of piperidine rings is 1. The van der Waals surface area contributed by atoms with Crippen LogP contribution in [0.4, 0.5) is 0 Å². The van der Waals surface area contributed by atoms with Gasteiger partial charge >= 0.3 is 0 Å². The normalized spacial score (nSPS) is 31.9. The van der Waals surface area contributed by atoms with E-state index in [-0.39, 0.29) is 12.6 Å². The highest BCUT2D eigenvalue weighted by molar-refractivity contribution is 5.86. The highest BCUT2D eigenvalue weighted by atomic mass is 16.3. The molecule has 2 unspecified atom stereocenters. The van der Waals surface area contributed by atoms with E-state index in [2.05, 4.69) is 46.7 Å². The molecule has 3 aliphatic heterocycles. The second-order valence-corrected chi connectivity index (χ2v) is 6.94. The third-order valence-corrected chi connectivity index (χ3v) is 6.16. The van der Waals surface area contributed by atoms with Gasteiger partial charge in [0, 0.05) is 35.6 Å². The molecular weight excluding hydrogens is 272 g/mol. The molecule has 4 heterocycles. The molecular formula is C19H22N2O. The Morgan fingerprint density at radius 2 is 2.18 bits per heavy atom. The summed E-state index contributed by atoms with van der Waals surface area (Å²) in [5.41, 5.74) is 5.87. The smallest absolute Gasteiger partial charge is 0.0645 e. The van der Waals surface area contributed by atoms with Crippen molar-refractivity contribution in [2.45, 2.75) is 31.8 Å². The minimum absolute atomic E-state index is 0.205. The molecule has 0 saturated carbocycles. The fourth-order valence-electron chi connectivity index (χ4n) is 5.21. The Morgan fingerprint density at radius 3 is 3.00 bits per heavy atom. The van der Waals surface area contributed by atoms with Gasteiger partial charge in [-0.2, -0.15) is 0 Å². The lowest BCUT2D eigenvalue weighted by Gasteiger charge is -2.51. The topological polar surface area (TPSA) is 28.4 Å². The Labute approximate surface area is 130 Å². The number of allylic oxidation sites excluding steroid dienone is 1. The average Bonchev–Trinajstić information content (AvgIpc) is 2.90. The molecule has 3 heteroatoms. The van der Waals surface area contributed by atoms with Crippen LogP contribution in [0.2, 0.25) is 0 Å². The number of fused-ring (bicyclic) bond motifs is 4. The molecule has 5 rings (SSSR count). The highest BCUT2D eigenvalue weighted by Crippen LogP contribution is 2.52. The molecule has 0 spiro atoms. The number of aliphatic hydroxyl groups excluding tert-OH is 1. The van der Waals surface area contributed by atoms with E-state index >= 15 is 0 Å². The second-order valence-electron chi connectivity index (χ2n) is 6.94. The quantitative estimate of drug-likeness (QED) is 0.819. The van der Waals surface area contributed by atoms with Gasteiger partial charge in [-0.3, -0.25) is 4.90 Å². The van der Waals surface area contributed by atoms with Crippen LogP contribution < -0.4 is 0 Å². The van der Waals surface area contributed by atoms with Crippen LogP contribution in [0.5, 0.6) is 0 Å². The summed E-state index contributed by atoms with van der Waals surface area (Å²) >= 11 is 0. The van der Waals surface area contributed by atoms with E-state index < -0.39 is 0 Å². The van der Waals surface area contributed by atoms with E-state index in [1.807, 2.05) is 0 Å².